The van der Waals surface area contributed by atoms with Crippen LogP contribution in [0.1, 0.15) is 50.9 Å². The molecule has 0 radical (unpaired) electrons. The number of hydrogen-bond donors (Lipinski definition) is 1. The minimum absolute atomic E-state index is 0.227. The number of thioether (sulfide) groups is 1. The minimum atomic E-state index is -0.227. The van der Waals surface area contributed by atoms with Crippen LogP contribution in [0.25, 0.3) is 0 Å². The van der Waals surface area contributed by atoms with Gasteiger partial charge < -0.3 is 0 Å². The lowest BCUT2D eigenvalue weighted by molar-refractivity contribution is 0.0955. The molecule has 0 bridgehead atoms. The largest absolute Gasteiger partial charge is 0.271 e. The standard InChI is InChI=1S/C24H26N4OS/c1-15-6-9-22(12-16(15)2)19(5)27-28-23(29)21-10-7-20(8-11-21)14-30-24-25-17(3)13-18(4)26-24/h6-13H,14H2,1-5H3,(H,28,29)/b27-19-. The van der Waals surface area contributed by atoms with Gasteiger partial charge in [0, 0.05) is 22.7 Å². The zero-order chi connectivity index (χ0) is 21.7. The SMILES string of the molecule is C/C(=N/NC(=O)c1ccc(CSc2nc(C)cc(C)n2)cc1)c1ccc(C)c(C)c1. The molecule has 0 aliphatic heterocycles. The average Bonchev–Trinajstić information content (AvgIpc) is 2.72. The van der Waals surface area contributed by atoms with E-state index in [1.807, 2.05) is 57.2 Å². The summed E-state index contributed by atoms with van der Waals surface area (Å²) >= 11 is 1.59. The van der Waals surface area contributed by atoms with Crippen molar-refractivity contribution in [3.8, 4) is 0 Å². The van der Waals surface area contributed by atoms with Crippen molar-refractivity contribution in [1.29, 1.82) is 0 Å². The predicted octanol–water partition coefficient (Wildman–Crippen LogP) is 5.16. The van der Waals surface area contributed by atoms with Crippen LogP contribution in [0.5, 0.6) is 0 Å². The first-order valence-electron chi connectivity index (χ1n) is 9.78. The van der Waals surface area contributed by atoms with Crippen LogP contribution in [0.2, 0.25) is 0 Å². The van der Waals surface area contributed by atoms with Gasteiger partial charge in [-0.15, -0.1) is 0 Å². The van der Waals surface area contributed by atoms with Crippen LogP contribution < -0.4 is 5.43 Å². The number of carbonyl (C=O) groups excluding carboxylic acids is 1. The molecule has 3 aromatic rings. The fourth-order valence-electron chi connectivity index (χ4n) is 2.89. The Kier molecular flexibility index (Phi) is 7.00. The van der Waals surface area contributed by atoms with Crippen LogP contribution in [0.15, 0.2) is 58.8 Å². The highest BCUT2D eigenvalue weighted by Crippen LogP contribution is 2.20. The van der Waals surface area contributed by atoms with Gasteiger partial charge in [0.1, 0.15) is 0 Å². The van der Waals surface area contributed by atoms with Gasteiger partial charge in [-0.25, -0.2) is 15.4 Å². The van der Waals surface area contributed by atoms with Gasteiger partial charge in [-0.3, -0.25) is 4.79 Å². The Morgan fingerprint density at radius 3 is 2.17 bits per heavy atom. The number of nitrogens with one attached hydrogen (secondary N) is 1. The molecule has 154 valence electrons. The Morgan fingerprint density at radius 1 is 0.900 bits per heavy atom. The first kappa shape index (κ1) is 21.7. The molecule has 6 heteroatoms. The van der Waals surface area contributed by atoms with Gasteiger partial charge in [-0.2, -0.15) is 5.10 Å². The van der Waals surface area contributed by atoms with Crippen molar-refractivity contribution in [3.63, 3.8) is 0 Å². The molecule has 0 aliphatic carbocycles. The van der Waals surface area contributed by atoms with Crippen LogP contribution >= 0.6 is 11.8 Å². The third kappa shape index (κ3) is 5.76. The van der Waals surface area contributed by atoms with E-state index in [0.717, 1.165) is 39.1 Å². The average molecular weight is 419 g/mol. The number of hydrazone groups is 1. The highest BCUT2D eigenvalue weighted by molar-refractivity contribution is 7.98. The quantitative estimate of drug-likeness (QED) is 0.260. The fourth-order valence-corrected chi connectivity index (χ4v) is 3.79. The topological polar surface area (TPSA) is 67.2 Å². The summed E-state index contributed by atoms with van der Waals surface area (Å²) in [6.45, 7) is 9.97. The number of benzene rings is 2. The van der Waals surface area contributed by atoms with Crippen LogP contribution in [-0.2, 0) is 5.75 Å². The normalized spacial score (nSPS) is 11.4. The Morgan fingerprint density at radius 2 is 1.53 bits per heavy atom. The summed E-state index contributed by atoms with van der Waals surface area (Å²) in [5.74, 6) is 0.518. The molecule has 30 heavy (non-hydrogen) atoms. The summed E-state index contributed by atoms with van der Waals surface area (Å²) in [5, 5.41) is 5.02. The lowest BCUT2D eigenvalue weighted by Gasteiger charge is -2.07. The van der Waals surface area contributed by atoms with E-state index in [0.29, 0.717) is 5.56 Å². The summed E-state index contributed by atoms with van der Waals surface area (Å²) < 4.78 is 0. The Labute approximate surface area is 182 Å². The maximum absolute atomic E-state index is 12.4. The zero-order valence-corrected chi connectivity index (χ0v) is 18.8. The Hall–Kier alpha value is -2.99. The van der Waals surface area contributed by atoms with Crippen molar-refractivity contribution < 1.29 is 4.79 Å². The molecule has 1 N–H and O–H groups in total. The second kappa shape index (κ2) is 9.67. The lowest BCUT2D eigenvalue weighted by Crippen LogP contribution is -2.19. The molecule has 1 heterocycles. The molecule has 2 aromatic carbocycles. The summed E-state index contributed by atoms with van der Waals surface area (Å²) in [5.41, 5.74) is 10.5. The number of carbonyl (C=O) groups is 1. The highest BCUT2D eigenvalue weighted by atomic mass is 32.2. The Balaban J connectivity index is 1.59. The van der Waals surface area contributed by atoms with Crippen molar-refractivity contribution in [2.24, 2.45) is 5.10 Å². The monoisotopic (exact) mass is 418 g/mol. The van der Waals surface area contributed by atoms with Gasteiger partial charge in [-0.1, -0.05) is 36.0 Å². The molecule has 0 unspecified atom stereocenters. The maximum atomic E-state index is 12.4. The Bertz CT molecular complexity index is 1070. The first-order valence-corrected chi connectivity index (χ1v) is 10.8. The van der Waals surface area contributed by atoms with E-state index in [1.165, 1.54) is 11.1 Å². The number of hydrogen-bond acceptors (Lipinski definition) is 5. The third-order valence-electron chi connectivity index (χ3n) is 4.80. The summed E-state index contributed by atoms with van der Waals surface area (Å²) in [4.78, 5) is 21.3. The van der Waals surface area contributed by atoms with Gasteiger partial charge in [0.25, 0.3) is 5.91 Å². The van der Waals surface area contributed by atoms with Gasteiger partial charge in [-0.05, 0) is 81.1 Å². The fraction of sp³-hybridized carbons (Fsp3) is 0.250. The van der Waals surface area contributed by atoms with E-state index in [2.05, 4.69) is 46.5 Å². The van der Waals surface area contributed by atoms with Crippen LogP contribution in [-0.4, -0.2) is 21.6 Å². The number of nitrogens with zero attached hydrogens (tertiary/aromatic N) is 3. The van der Waals surface area contributed by atoms with E-state index in [-0.39, 0.29) is 5.91 Å². The molecule has 1 amide bonds. The number of aryl methyl sites for hydroxylation is 4. The smallest absolute Gasteiger partial charge is 0.267 e. The van der Waals surface area contributed by atoms with E-state index < -0.39 is 0 Å². The molecule has 5 nitrogen and oxygen atoms in total. The predicted molar refractivity (Wildman–Crippen MR) is 123 cm³/mol. The first-order chi connectivity index (χ1) is 14.3. The lowest BCUT2D eigenvalue weighted by atomic mass is 10.0. The molecule has 1 aromatic heterocycles. The molecular formula is C24H26N4OS. The molecule has 0 fully saturated rings. The van der Waals surface area contributed by atoms with E-state index >= 15 is 0 Å². The third-order valence-corrected chi connectivity index (χ3v) is 5.71. The van der Waals surface area contributed by atoms with Gasteiger partial charge in [0.15, 0.2) is 5.16 Å². The van der Waals surface area contributed by atoms with Gasteiger partial charge >= 0.3 is 0 Å². The second-order valence-corrected chi connectivity index (χ2v) is 8.30. The summed E-state index contributed by atoms with van der Waals surface area (Å²) in [6, 6.07) is 15.6. The molecule has 0 aliphatic rings. The summed E-state index contributed by atoms with van der Waals surface area (Å²) in [7, 11) is 0. The number of amides is 1. The second-order valence-electron chi connectivity index (χ2n) is 7.36. The van der Waals surface area contributed by atoms with Crippen LogP contribution in [0.4, 0.5) is 0 Å². The number of rotatable bonds is 6. The molecule has 0 spiro atoms. The van der Waals surface area contributed by atoms with E-state index in [1.54, 1.807) is 11.8 Å². The van der Waals surface area contributed by atoms with Gasteiger partial charge in [0.2, 0.25) is 0 Å². The molecular weight excluding hydrogens is 392 g/mol. The van der Waals surface area contributed by atoms with Crippen molar-refractivity contribution in [2.75, 3.05) is 0 Å². The maximum Gasteiger partial charge on any atom is 0.271 e. The molecule has 0 atom stereocenters. The van der Waals surface area contributed by atoms with Crippen molar-refractivity contribution in [3.05, 3.63) is 87.7 Å². The van der Waals surface area contributed by atoms with Crippen molar-refractivity contribution >= 4 is 23.4 Å². The minimum Gasteiger partial charge on any atom is -0.267 e. The highest BCUT2D eigenvalue weighted by Gasteiger charge is 2.07. The number of aromatic nitrogens is 2. The van der Waals surface area contributed by atoms with Crippen LogP contribution in [0, 0.1) is 27.7 Å². The zero-order valence-electron chi connectivity index (χ0n) is 18.0. The van der Waals surface area contributed by atoms with Crippen LogP contribution in [0.3, 0.4) is 0 Å². The molecule has 0 saturated heterocycles. The van der Waals surface area contributed by atoms with Gasteiger partial charge in [0.05, 0.1) is 5.71 Å². The van der Waals surface area contributed by atoms with Crippen molar-refractivity contribution in [2.45, 2.75) is 45.5 Å². The molecule has 3 rings (SSSR count). The van der Waals surface area contributed by atoms with E-state index in [4.69, 9.17) is 0 Å². The molecule has 0 saturated carbocycles. The summed E-state index contributed by atoms with van der Waals surface area (Å²) in [6.07, 6.45) is 0. The van der Waals surface area contributed by atoms with E-state index in [9.17, 15) is 4.79 Å². The van der Waals surface area contributed by atoms with Crippen molar-refractivity contribution in [1.82, 2.24) is 15.4 Å².